The van der Waals surface area contributed by atoms with E-state index in [1.165, 1.54) is 0 Å². The SMILES string of the molecule is CNC(=S)N[C@H](C(=O)N1C[C@H]2[C@@H]([C@H]1C(=O)N[C@H](C#N)C[C@@H]1CCNC1=O)C2(C)C)C(C)(C)C. The molecular formula is C23H36N6O3S. The molecule has 3 aliphatic rings. The van der Waals surface area contributed by atoms with Gasteiger partial charge in [-0.15, -0.1) is 0 Å². The Labute approximate surface area is 201 Å². The second-order valence-electron chi connectivity index (χ2n) is 11.1. The molecule has 3 fully saturated rings. The summed E-state index contributed by atoms with van der Waals surface area (Å²) in [6.45, 7) is 11.2. The van der Waals surface area contributed by atoms with E-state index in [2.05, 4.69) is 41.2 Å². The molecule has 9 nitrogen and oxygen atoms in total. The molecule has 2 heterocycles. The fourth-order valence-corrected chi connectivity index (χ4v) is 5.50. The monoisotopic (exact) mass is 476 g/mol. The van der Waals surface area contributed by atoms with Crippen molar-refractivity contribution in [1.29, 1.82) is 5.26 Å². The molecule has 4 N–H and O–H groups in total. The van der Waals surface area contributed by atoms with Crippen LogP contribution in [0.2, 0.25) is 0 Å². The van der Waals surface area contributed by atoms with Gasteiger partial charge in [-0.2, -0.15) is 5.26 Å². The van der Waals surface area contributed by atoms with Gasteiger partial charge in [-0.3, -0.25) is 14.4 Å². The van der Waals surface area contributed by atoms with Crippen molar-refractivity contribution in [2.45, 2.75) is 65.6 Å². The maximum atomic E-state index is 13.7. The quantitative estimate of drug-likeness (QED) is 0.412. The number of hydrogen-bond donors (Lipinski definition) is 4. The molecule has 0 aromatic rings. The standard InChI is InChI=1S/C23H36N6O3S/c1-22(2,3)17(28-21(33)25-6)20(32)29-11-14-15(23(14,4)5)16(29)19(31)27-13(10-24)9-12-7-8-26-18(12)30/h12-17H,7-9,11H2,1-6H3,(H,26,30)(H,27,31)(H2,25,28,33)/t12-,13-,14-,15-,16-,17+/m0/s1. The third-order valence-corrected chi connectivity index (χ3v) is 7.85. The van der Waals surface area contributed by atoms with E-state index in [1.54, 1.807) is 11.9 Å². The van der Waals surface area contributed by atoms with Gasteiger partial charge in [-0.05, 0) is 47.7 Å². The summed E-state index contributed by atoms with van der Waals surface area (Å²) in [4.78, 5) is 40.7. The van der Waals surface area contributed by atoms with Gasteiger partial charge in [0.25, 0.3) is 0 Å². The predicted molar refractivity (Wildman–Crippen MR) is 128 cm³/mol. The van der Waals surface area contributed by atoms with Gasteiger partial charge in [0.1, 0.15) is 18.1 Å². The maximum absolute atomic E-state index is 13.7. The molecule has 6 atom stereocenters. The molecular weight excluding hydrogens is 440 g/mol. The Bertz CT molecular complexity index is 876. The minimum absolute atomic E-state index is 0.0347. The largest absolute Gasteiger partial charge is 0.366 e. The number of thiocarbonyl (C=S) groups is 1. The Balaban J connectivity index is 1.79. The van der Waals surface area contributed by atoms with Crippen LogP contribution in [0.3, 0.4) is 0 Å². The number of hydrogen-bond acceptors (Lipinski definition) is 5. The molecule has 0 bridgehead atoms. The van der Waals surface area contributed by atoms with Gasteiger partial charge < -0.3 is 26.2 Å². The number of amides is 3. The van der Waals surface area contributed by atoms with Gasteiger partial charge >= 0.3 is 0 Å². The lowest BCUT2D eigenvalue weighted by atomic mass is 9.85. The summed E-state index contributed by atoms with van der Waals surface area (Å²) < 4.78 is 0. The van der Waals surface area contributed by atoms with E-state index in [9.17, 15) is 19.6 Å². The summed E-state index contributed by atoms with van der Waals surface area (Å²) in [5.74, 6) is -0.589. The van der Waals surface area contributed by atoms with Crippen molar-refractivity contribution in [3.8, 4) is 6.07 Å². The number of fused-ring (bicyclic) bond motifs is 1. The molecule has 3 rings (SSSR count). The van der Waals surface area contributed by atoms with Crippen LogP contribution < -0.4 is 21.3 Å². The average Bonchev–Trinajstić information content (AvgIpc) is 3.11. The van der Waals surface area contributed by atoms with Crippen molar-refractivity contribution < 1.29 is 14.4 Å². The average molecular weight is 477 g/mol. The predicted octanol–water partition coefficient (Wildman–Crippen LogP) is 0.513. The lowest BCUT2D eigenvalue weighted by Crippen LogP contribution is -2.60. The lowest BCUT2D eigenvalue weighted by molar-refractivity contribution is -0.143. The number of carbonyl (C=O) groups excluding carboxylic acids is 3. The smallest absolute Gasteiger partial charge is 0.246 e. The van der Waals surface area contributed by atoms with Gasteiger partial charge in [-0.25, -0.2) is 0 Å². The molecule has 0 aromatic carbocycles. The molecule has 1 saturated carbocycles. The first kappa shape index (κ1) is 25.2. The summed E-state index contributed by atoms with van der Waals surface area (Å²) in [7, 11) is 1.69. The van der Waals surface area contributed by atoms with Crippen LogP contribution in [-0.4, -0.2) is 66.0 Å². The molecule has 3 amide bonds. The van der Waals surface area contributed by atoms with Crippen LogP contribution in [0, 0.1) is 39.9 Å². The van der Waals surface area contributed by atoms with E-state index >= 15 is 0 Å². The molecule has 10 heteroatoms. The zero-order chi connectivity index (χ0) is 24.7. The summed E-state index contributed by atoms with van der Waals surface area (Å²) >= 11 is 5.25. The number of piperidine rings is 1. The van der Waals surface area contributed by atoms with Crippen LogP contribution in [0.5, 0.6) is 0 Å². The van der Waals surface area contributed by atoms with E-state index in [0.717, 1.165) is 0 Å². The Morgan fingerprint density at radius 3 is 2.52 bits per heavy atom. The summed E-state index contributed by atoms with van der Waals surface area (Å²) in [6, 6.07) is 0.0835. The fourth-order valence-electron chi connectivity index (χ4n) is 5.39. The van der Waals surface area contributed by atoms with Crippen LogP contribution in [-0.2, 0) is 14.4 Å². The minimum Gasteiger partial charge on any atom is -0.366 e. The molecule has 2 aliphatic heterocycles. The molecule has 33 heavy (non-hydrogen) atoms. The highest BCUT2D eigenvalue weighted by atomic mass is 32.1. The molecule has 1 aliphatic carbocycles. The number of nitrogens with zero attached hydrogens (tertiary/aromatic N) is 2. The number of nitrogens with one attached hydrogen (secondary N) is 4. The molecule has 182 valence electrons. The van der Waals surface area contributed by atoms with Crippen LogP contribution in [0.4, 0.5) is 0 Å². The summed E-state index contributed by atoms with van der Waals surface area (Å²) in [6.07, 6.45) is 0.928. The van der Waals surface area contributed by atoms with E-state index in [1.807, 2.05) is 20.8 Å². The van der Waals surface area contributed by atoms with Crippen molar-refractivity contribution in [3.63, 3.8) is 0 Å². The number of likely N-dealkylation sites (tertiary alicyclic amines) is 1. The zero-order valence-corrected chi connectivity index (χ0v) is 21.1. The van der Waals surface area contributed by atoms with Crippen molar-refractivity contribution in [2.75, 3.05) is 20.1 Å². The van der Waals surface area contributed by atoms with E-state index in [-0.39, 0.29) is 47.3 Å². The van der Waals surface area contributed by atoms with E-state index in [0.29, 0.717) is 24.6 Å². The van der Waals surface area contributed by atoms with Gasteiger partial charge in [0.15, 0.2) is 5.11 Å². The first-order valence-electron chi connectivity index (χ1n) is 11.6. The van der Waals surface area contributed by atoms with Crippen LogP contribution in [0.25, 0.3) is 0 Å². The number of nitriles is 1. The van der Waals surface area contributed by atoms with Crippen LogP contribution in [0.1, 0.15) is 47.5 Å². The fraction of sp³-hybridized carbons (Fsp3) is 0.783. The van der Waals surface area contributed by atoms with E-state index in [4.69, 9.17) is 12.2 Å². The summed E-state index contributed by atoms with van der Waals surface area (Å²) in [5.41, 5.74) is -0.483. The third-order valence-electron chi connectivity index (χ3n) is 7.53. The van der Waals surface area contributed by atoms with Crippen LogP contribution >= 0.6 is 12.2 Å². The molecule has 0 unspecified atom stereocenters. The zero-order valence-electron chi connectivity index (χ0n) is 20.3. The van der Waals surface area contributed by atoms with Gasteiger partial charge in [0.05, 0.1) is 6.07 Å². The Morgan fingerprint density at radius 1 is 1.33 bits per heavy atom. The minimum atomic E-state index is -0.780. The molecule has 2 saturated heterocycles. The third kappa shape index (κ3) is 4.93. The van der Waals surface area contributed by atoms with Crippen molar-refractivity contribution >= 4 is 35.1 Å². The molecule has 0 spiro atoms. The Kier molecular flexibility index (Phi) is 6.94. The first-order chi connectivity index (χ1) is 15.3. The second kappa shape index (κ2) is 9.09. The molecule has 0 radical (unpaired) electrons. The molecule has 0 aromatic heterocycles. The Morgan fingerprint density at radius 2 is 2.00 bits per heavy atom. The van der Waals surface area contributed by atoms with Crippen molar-refractivity contribution in [3.05, 3.63) is 0 Å². The highest BCUT2D eigenvalue weighted by molar-refractivity contribution is 7.80. The Hall–Kier alpha value is -2.41. The van der Waals surface area contributed by atoms with Gasteiger partial charge in [0, 0.05) is 26.1 Å². The van der Waals surface area contributed by atoms with Crippen molar-refractivity contribution in [1.82, 2.24) is 26.2 Å². The topological polar surface area (TPSA) is 126 Å². The lowest BCUT2D eigenvalue weighted by Gasteiger charge is -2.38. The van der Waals surface area contributed by atoms with Crippen LogP contribution in [0.15, 0.2) is 0 Å². The normalized spacial score (nSPS) is 29.2. The second-order valence-corrected chi connectivity index (χ2v) is 11.5. The summed E-state index contributed by atoms with van der Waals surface area (Å²) in [5, 5.41) is 21.5. The van der Waals surface area contributed by atoms with Crippen molar-refractivity contribution in [2.24, 2.45) is 28.6 Å². The number of rotatable bonds is 6. The van der Waals surface area contributed by atoms with Gasteiger partial charge in [-0.1, -0.05) is 34.6 Å². The highest BCUT2D eigenvalue weighted by Gasteiger charge is 2.69. The number of carbonyl (C=O) groups is 3. The van der Waals surface area contributed by atoms with E-state index < -0.39 is 23.5 Å². The maximum Gasteiger partial charge on any atom is 0.246 e. The van der Waals surface area contributed by atoms with Gasteiger partial charge in [0.2, 0.25) is 17.7 Å². The highest BCUT2D eigenvalue weighted by Crippen LogP contribution is 2.65. The first-order valence-corrected chi connectivity index (χ1v) is 12.0.